The molecule has 0 aliphatic carbocycles. The number of carbonyl (C=O) groups excluding carboxylic acids is 1. The highest BCUT2D eigenvalue weighted by Crippen LogP contribution is 2.23. The Morgan fingerprint density at radius 1 is 1.56 bits per heavy atom. The number of carbonyl (C=O) groups is 1. The van der Waals surface area contributed by atoms with Gasteiger partial charge in [-0.25, -0.2) is 0 Å². The molecule has 5 nitrogen and oxygen atoms in total. The minimum Gasteiger partial charge on any atom is -0.397 e. The number of hydrogen-bond donors (Lipinski definition) is 2. The van der Waals surface area contributed by atoms with Gasteiger partial charge in [0.2, 0.25) is 0 Å². The van der Waals surface area contributed by atoms with Gasteiger partial charge in [-0.15, -0.1) is 0 Å². The van der Waals surface area contributed by atoms with Crippen LogP contribution in [0.4, 0.5) is 11.4 Å². The van der Waals surface area contributed by atoms with E-state index < -0.39 is 0 Å². The standard InChI is InChI=1S/C11H17N3O2/c1-4-13-11(15)8-5-6-10(9(12)7-8)14(2)16-3/h5-7H,4,12H2,1-3H3,(H,13,15). The van der Waals surface area contributed by atoms with Gasteiger partial charge in [0.25, 0.3) is 5.91 Å². The first kappa shape index (κ1) is 12.3. The third-order valence-electron chi connectivity index (χ3n) is 2.24. The first-order valence-electron chi connectivity index (χ1n) is 5.05. The van der Waals surface area contributed by atoms with Crippen molar-refractivity contribution in [2.24, 2.45) is 0 Å². The first-order valence-corrected chi connectivity index (χ1v) is 5.05. The van der Waals surface area contributed by atoms with Gasteiger partial charge >= 0.3 is 0 Å². The largest absolute Gasteiger partial charge is 0.397 e. The lowest BCUT2D eigenvalue weighted by atomic mass is 10.1. The summed E-state index contributed by atoms with van der Waals surface area (Å²) in [5.74, 6) is -0.124. The van der Waals surface area contributed by atoms with Crippen LogP contribution in [0.15, 0.2) is 18.2 Å². The highest BCUT2D eigenvalue weighted by atomic mass is 16.7. The zero-order valence-corrected chi connectivity index (χ0v) is 9.78. The molecular weight excluding hydrogens is 206 g/mol. The molecule has 0 fully saturated rings. The average molecular weight is 223 g/mol. The van der Waals surface area contributed by atoms with Crippen molar-refractivity contribution < 1.29 is 9.63 Å². The van der Waals surface area contributed by atoms with E-state index in [1.54, 1.807) is 32.4 Å². The van der Waals surface area contributed by atoms with Crippen LogP contribution in [0, 0.1) is 0 Å². The predicted molar refractivity (Wildman–Crippen MR) is 64.3 cm³/mol. The summed E-state index contributed by atoms with van der Waals surface area (Å²) in [5.41, 5.74) is 7.62. The maximum absolute atomic E-state index is 11.5. The van der Waals surface area contributed by atoms with E-state index in [4.69, 9.17) is 10.6 Å². The number of rotatable bonds is 4. The second-order valence-corrected chi connectivity index (χ2v) is 3.31. The normalized spacial score (nSPS) is 9.94. The lowest BCUT2D eigenvalue weighted by Crippen LogP contribution is -2.23. The summed E-state index contributed by atoms with van der Waals surface area (Å²) in [6.45, 7) is 2.47. The molecule has 0 bridgehead atoms. The first-order chi connectivity index (χ1) is 7.60. The van der Waals surface area contributed by atoms with Gasteiger partial charge in [0, 0.05) is 19.2 Å². The van der Waals surface area contributed by atoms with Crippen LogP contribution < -0.4 is 16.1 Å². The molecule has 16 heavy (non-hydrogen) atoms. The number of nitrogens with one attached hydrogen (secondary N) is 1. The number of benzene rings is 1. The fraction of sp³-hybridized carbons (Fsp3) is 0.364. The molecule has 88 valence electrons. The molecule has 1 rings (SSSR count). The van der Waals surface area contributed by atoms with Gasteiger partial charge in [-0.1, -0.05) is 0 Å². The van der Waals surface area contributed by atoms with E-state index in [1.165, 1.54) is 5.06 Å². The Morgan fingerprint density at radius 2 is 2.25 bits per heavy atom. The summed E-state index contributed by atoms with van der Waals surface area (Å²) in [4.78, 5) is 16.6. The molecule has 3 N–H and O–H groups in total. The van der Waals surface area contributed by atoms with Gasteiger partial charge in [-0.05, 0) is 25.1 Å². The quantitative estimate of drug-likeness (QED) is 0.590. The maximum atomic E-state index is 11.5. The molecule has 5 heteroatoms. The molecule has 0 radical (unpaired) electrons. The number of hydroxylamine groups is 1. The molecule has 1 aromatic carbocycles. The van der Waals surface area contributed by atoms with Crippen LogP contribution in [-0.2, 0) is 4.84 Å². The van der Waals surface area contributed by atoms with Crippen molar-refractivity contribution in [3.8, 4) is 0 Å². The second kappa shape index (κ2) is 5.37. The molecule has 0 heterocycles. The van der Waals surface area contributed by atoms with E-state index in [1.807, 2.05) is 6.92 Å². The SMILES string of the molecule is CCNC(=O)c1ccc(N(C)OC)c(N)c1. The Kier molecular flexibility index (Phi) is 4.13. The Balaban J connectivity index is 2.95. The number of nitrogen functional groups attached to an aromatic ring is 1. The van der Waals surface area contributed by atoms with Crippen molar-refractivity contribution in [1.29, 1.82) is 0 Å². The molecule has 0 unspecified atom stereocenters. The van der Waals surface area contributed by atoms with Gasteiger partial charge in [0.15, 0.2) is 0 Å². The fourth-order valence-corrected chi connectivity index (χ4v) is 1.34. The van der Waals surface area contributed by atoms with Crippen LogP contribution in [0.5, 0.6) is 0 Å². The Bertz CT molecular complexity index is 379. The lowest BCUT2D eigenvalue weighted by molar-refractivity contribution is 0.0956. The average Bonchev–Trinajstić information content (AvgIpc) is 2.28. The summed E-state index contributed by atoms with van der Waals surface area (Å²) in [5, 5.41) is 4.25. The van der Waals surface area contributed by atoms with E-state index >= 15 is 0 Å². The number of hydrogen-bond acceptors (Lipinski definition) is 4. The number of nitrogens with two attached hydrogens (primary N) is 1. The molecule has 1 aromatic rings. The van der Waals surface area contributed by atoms with Crippen LogP contribution >= 0.6 is 0 Å². The van der Waals surface area contributed by atoms with Gasteiger partial charge in [-0.3, -0.25) is 14.7 Å². The van der Waals surface area contributed by atoms with Crippen molar-refractivity contribution in [1.82, 2.24) is 5.32 Å². The Labute approximate surface area is 95.1 Å². The predicted octanol–water partition coefficient (Wildman–Crippen LogP) is 1.02. The van der Waals surface area contributed by atoms with Crippen LogP contribution in [0.25, 0.3) is 0 Å². The molecule has 0 spiro atoms. The zero-order chi connectivity index (χ0) is 12.1. The lowest BCUT2D eigenvalue weighted by Gasteiger charge is -2.18. The van der Waals surface area contributed by atoms with E-state index in [2.05, 4.69) is 5.32 Å². The van der Waals surface area contributed by atoms with E-state index in [0.29, 0.717) is 17.8 Å². The molecule has 0 saturated heterocycles. The van der Waals surface area contributed by atoms with Gasteiger partial charge in [-0.2, -0.15) is 0 Å². The van der Waals surface area contributed by atoms with Crippen molar-refractivity contribution in [2.45, 2.75) is 6.92 Å². The summed E-state index contributed by atoms with van der Waals surface area (Å²) >= 11 is 0. The van der Waals surface area contributed by atoms with Crippen molar-refractivity contribution in [2.75, 3.05) is 31.5 Å². The highest BCUT2D eigenvalue weighted by molar-refractivity contribution is 5.96. The minimum absolute atomic E-state index is 0.124. The third-order valence-corrected chi connectivity index (χ3v) is 2.24. The molecule has 0 aliphatic rings. The molecule has 0 saturated carbocycles. The molecule has 0 aliphatic heterocycles. The van der Waals surface area contributed by atoms with Crippen molar-refractivity contribution in [3.63, 3.8) is 0 Å². The molecular formula is C11H17N3O2. The van der Waals surface area contributed by atoms with Crippen LogP contribution in [-0.4, -0.2) is 26.6 Å². The summed E-state index contributed by atoms with van der Waals surface area (Å²) in [6.07, 6.45) is 0. The zero-order valence-electron chi connectivity index (χ0n) is 9.78. The second-order valence-electron chi connectivity index (χ2n) is 3.31. The topological polar surface area (TPSA) is 67.6 Å². The smallest absolute Gasteiger partial charge is 0.251 e. The van der Waals surface area contributed by atoms with E-state index in [0.717, 1.165) is 5.69 Å². The number of anilines is 2. The van der Waals surface area contributed by atoms with Crippen LogP contribution in [0.2, 0.25) is 0 Å². The van der Waals surface area contributed by atoms with E-state index in [-0.39, 0.29) is 5.91 Å². The summed E-state index contributed by atoms with van der Waals surface area (Å²) in [6, 6.07) is 5.10. The van der Waals surface area contributed by atoms with Crippen LogP contribution in [0.3, 0.4) is 0 Å². The highest BCUT2D eigenvalue weighted by Gasteiger charge is 2.09. The Morgan fingerprint density at radius 3 is 2.75 bits per heavy atom. The summed E-state index contributed by atoms with van der Waals surface area (Å²) < 4.78 is 0. The monoisotopic (exact) mass is 223 g/mol. The third kappa shape index (κ3) is 2.64. The van der Waals surface area contributed by atoms with E-state index in [9.17, 15) is 4.79 Å². The number of nitrogens with zero attached hydrogens (tertiary/aromatic N) is 1. The van der Waals surface area contributed by atoms with Crippen LogP contribution in [0.1, 0.15) is 17.3 Å². The molecule has 0 aromatic heterocycles. The van der Waals surface area contributed by atoms with Crippen molar-refractivity contribution >= 4 is 17.3 Å². The maximum Gasteiger partial charge on any atom is 0.251 e. The fourth-order valence-electron chi connectivity index (χ4n) is 1.34. The van der Waals surface area contributed by atoms with Gasteiger partial charge in [0.05, 0.1) is 18.5 Å². The molecule has 1 amide bonds. The Hall–Kier alpha value is -1.75. The minimum atomic E-state index is -0.124. The van der Waals surface area contributed by atoms with Gasteiger partial charge in [0.1, 0.15) is 0 Å². The summed E-state index contributed by atoms with van der Waals surface area (Å²) in [7, 11) is 3.30. The van der Waals surface area contributed by atoms with Gasteiger partial charge < -0.3 is 11.1 Å². The number of amides is 1. The van der Waals surface area contributed by atoms with Crippen molar-refractivity contribution in [3.05, 3.63) is 23.8 Å². The molecule has 0 atom stereocenters.